The molecule has 0 aliphatic carbocycles. The van der Waals surface area contributed by atoms with Crippen molar-refractivity contribution in [3.8, 4) is 0 Å². The second-order valence-electron chi connectivity index (χ2n) is 5.86. The molecule has 19 heavy (non-hydrogen) atoms. The molecule has 1 saturated heterocycles. The number of esters is 1. The van der Waals surface area contributed by atoms with Gasteiger partial charge in [-0.05, 0) is 59.3 Å². The van der Waals surface area contributed by atoms with Crippen molar-refractivity contribution in [3.05, 3.63) is 0 Å². The van der Waals surface area contributed by atoms with E-state index in [-0.39, 0.29) is 5.97 Å². The number of nitrogens with two attached hydrogens (primary N) is 1. The van der Waals surface area contributed by atoms with Gasteiger partial charge in [-0.2, -0.15) is 0 Å². The van der Waals surface area contributed by atoms with E-state index in [2.05, 4.69) is 16.8 Å². The summed E-state index contributed by atoms with van der Waals surface area (Å²) in [6, 6.07) is 0. The van der Waals surface area contributed by atoms with Gasteiger partial charge in [0, 0.05) is 13.1 Å². The molecular weight excluding hydrogens is 242 g/mol. The predicted molar refractivity (Wildman–Crippen MR) is 77.0 cm³/mol. The Morgan fingerprint density at radius 3 is 2.58 bits per heavy atom. The SMILES string of the molecule is COC(=O)C(C)(N)CCCN(C)CCN1CCCC1. The number of likely N-dealkylation sites (tertiary alicyclic amines) is 1. The second-order valence-corrected chi connectivity index (χ2v) is 5.86. The highest BCUT2D eigenvalue weighted by atomic mass is 16.5. The molecule has 1 atom stereocenters. The van der Waals surface area contributed by atoms with Gasteiger partial charge >= 0.3 is 5.97 Å². The predicted octanol–water partition coefficient (Wildman–Crippen LogP) is 0.685. The normalized spacial score (nSPS) is 19.6. The van der Waals surface area contributed by atoms with Crippen molar-refractivity contribution in [1.29, 1.82) is 0 Å². The molecule has 5 heteroatoms. The zero-order valence-corrected chi connectivity index (χ0v) is 12.7. The average Bonchev–Trinajstić information content (AvgIpc) is 2.88. The Morgan fingerprint density at radius 2 is 2.00 bits per heavy atom. The summed E-state index contributed by atoms with van der Waals surface area (Å²) >= 11 is 0. The van der Waals surface area contributed by atoms with Crippen molar-refractivity contribution in [2.45, 2.75) is 38.1 Å². The van der Waals surface area contributed by atoms with Gasteiger partial charge in [-0.15, -0.1) is 0 Å². The van der Waals surface area contributed by atoms with Gasteiger partial charge in [0.2, 0.25) is 0 Å². The van der Waals surface area contributed by atoms with Crippen LogP contribution in [-0.2, 0) is 9.53 Å². The zero-order valence-electron chi connectivity index (χ0n) is 12.7. The molecule has 0 spiro atoms. The highest BCUT2D eigenvalue weighted by Gasteiger charge is 2.28. The molecule has 1 unspecified atom stereocenters. The molecule has 112 valence electrons. The number of hydrogen-bond acceptors (Lipinski definition) is 5. The van der Waals surface area contributed by atoms with E-state index in [0.29, 0.717) is 6.42 Å². The molecule has 0 saturated carbocycles. The van der Waals surface area contributed by atoms with E-state index in [4.69, 9.17) is 10.5 Å². The molecule has 0 aromatic heterocycles. The number of hydrogen-bond donors (Lipinski definition) is 1. The first-order valence-corrected chi connectivity index (χ1v) is 7.24. The lowest BCUT2D eigenvalue weighted by Gasteiger charge is -2.24. The summed E-state index contributed by atoms with van der Waals surface area (Å²) in [6.45, 7) is 7.43. The minimum absolute atomic E-state index is 0.327. The molecule has 1 fully saturated rings. The van der Waals surface area contributed by atoms with E-state index >= 15 is 0 Å². The summed E-state index contributed by atoms with van der Waals surface area (Å²) in [5, 5.41) is 0. The fourth-order valence-corrected chi connectivity index (χ4v) is 2.48. The van der Waals surface area contributed by atoms with Crippen molar-refractivity contribution >= 4 is 5.97 Å². The van der Waals surface area contributed by atoms with E-state index in [0.717, 1.165) is 26.1 Å². The third kappa shape index (κ3) is 5.89. The van der Waals surface area contributed by atoms with Crippen LogP contribution in [-0.4, -0.2) is 68.2 Å². The number of carbonyl (C=O) groups excluding carboxylic acids is 1. The van der Waals surface area contributed by atoms with Crippen molar-refractivity contribution < 1.29 is 9.53 Å². The molecule has 1 rings (SSSR count). The first kappa shape index (κ1) is 16.4. The number of methoxy groups -OCH3 is 1. The summed E-state index contributed by atoms with van der Waals surface area (Å²) in [6.07, 6.45) is 4.26. The maximum absolute atomic E-state index is 11.4. The number of ether oxygens (including phenoxy) is 1. The van der Waals surface area contributed by atoms with Crippen LogP contribution in [0.4, 0.5) is 0 Å². The third-order valence-electron chi connectivity index (χ3n) is 3.88. The molecule has 0 radical (unpaired) electrons. The van der Waals surface area contributed by atoms with Gasteiger partial charge in [-0.25, -0.2) is 0 Å². The maximum Gasteiger partial charge on any atom is 0.325 e. The maximum atomic E-state index is 11.4. The fraction of sp³-hybridized carbons (Fsp3) is 0.929. The minimum atomic E-state index is -0.857. The Hall–Kier alpha value is -0.650. The Morgan fingerprint density at radius 1 is 1.37 bits per heavy atom. The lowest BCUT2D eigenvalue weighted by molar-refractivity contribution is -0.146. The molecule has 1 aliphatic rings. The highest BCUT2D eigenvalue weighted by molar-refractivity contribution is 5.79. The van der Waals surface area contributed by atoms with Gasteiger partial charge < -0.3 is 20.3 Å². The summed E-state index contributed by atoms with van der Waals surface area (Å²) in [5.74, 6) is -0.327. The topological polar surface area (TPSA) is 58.8 Å². The average molecular weight is 271 g/mol. The Labute approximate surface area is 117 Å². The van der Waals surface area contributed by atoms with Gasteiger partial charge in [-0.3, -0.25) is 4.79 Å². The molecule has 5 nitrogen and oxygen atoms in total. The van der Waals surface area contributed by atoms with Crippen LogP contribution in [0.15, 0.2) is 0 Å². The van der Waals surface area contributed by atoms with Crippen LogP contribution >= 0.6 is 0 Å². The first-order chi connectivity index (χ1) is 8.95. The van der Waals surface area contributed by atoms with Gasteiger partial charge in [0.1, 0.15) is 5.54 Å². The molecule has 1 heterocycles. The zero-order chi connectivity index (χ0) is 14.3. The Bertz CT molecular complexity index is 276. The quantitative estimate of drug-likeness (QED) is 0.658. The molecule has 0 aromatic rings. The Balaban J connectivity index is 2.12. The number of likely N-dealkylation sites (N-methyl/N-ethyl adjacent to an activating group) is 1. The third-order valence-corrected chi connectivity index (χ3v) is 3.88. The van der Waals surface area contributed by atoms with Crippen LogP contribution < -0.4 is 5.73 Å². The lowest BCUT2D eigenvalue weighted by atomic mass is 9.97. The van der Waals surface area contributed by atoms with Gasteiger partial charge in [0.15, 0.2) is 0 Å². The molecule has 1 aliphatic heterocycles. The number of rotatable bonds is 8. The summed E-state index contributed by atoms with van der Waals surface area (Å²) in [4.78, 5) is 16.3. The van der Waals surface area contributed by atoms with Gasteiger partial charge in [0.05, 0.1) is 7.11 Å². The molecule has 0 bridgehead atoms. The Kier molecular flexibility index (Phi) is 6.75. The largest absolute Gasteiger partial charge is 0.468 e. The minimum Gasteiger partial charge on any atom is -0.468 e. The van der Waals surface area contributed by atoms with E-state index in [1.807, 2.05) is 0 Å². The molecular formula is C14H29N3O2. The molecule has 2 N–H and O–H groups in total. The van der Waals surface area contributed by atoms with Crippen LogP contribution in [0.3, 0.4) is 0 Å². The van der Waals surface area contributed by atoms with E-state index < -0.39 is 5.54 Å². The lowest BCUT2D eigenvalue weighted by Crippen LogP contribution is -2.46. The van der Waals surface area contributed by atoms with E-state index in [1.165, 1.54) is 33.0 Å². The summed E-state index contributed by atoms with van der Waals surface area (Å²) in [7, 11) is 3.51. The fourth-order valence-electron chi connectivity index (χ4n) is 2.48. The standard InChI is InChI=1S/C14H29N3O2/c1-14(15,13(18)19-3)7-6-8-16(2)11-12-17-9-4-5-10-17/h4-12,15H2,1-3H3. The summed E-state index contributed by atoms with van der Waals surface area (Å²) in [5.41, 5.74) is 5.07. The van der Waals surface area contributed by atoms with Crippen LogP contribution in [0.25, 0.3) is 0 Å². The van der Waals surface area contributed by atoms with Crippen LogP contribution in [0.2, 0.25) is 0 Å². The van der Waals surface area contributed by atoms with E-state index in [9.17, 15) is 4.79 Å². The van der Waals surface area contributed by atoms with Crippen molar-refractivity contribution in [2.24, 2.45) is 5.73 Å². The van der Waals surface area contributed by atoms with Crippen molar-refractivity contribution in [2.75, 3.05) is 46.9 Å². The second kappa shape index (κ2) is 7.82. The van der Waals surface area contributed by atoms with Crippen LogP contribution in [0, 0.1) is 0 Å². The summed E-state index contributed by atoms with van der Waals surface area (Å²) < 4.78 is 4.70. The molecule has 0 amide bonds. The van der Waals surface area contributed by atoms with Crippen LogP contribution in [0.1, 0.15) is 32.6 Å². The van der Waals surface area contributed by atoms with Crippen LogP contribution in [0.5, 0.6) is 0 Å². The van der Waals surface area contributed by atoms with Gasteiger partial charge in [-0.1, -0.05) is 0 Å². The van der Waals surface area contributed by atoms with Crippen molar-refractivity contribution in [3.63, 3.8) is 0 Å². The first-order valence-electron chi connectivity index (χ1n) is 7.24. The van der Waals surface area contributed by atoms with Gasteiger partial charge in [0.25, 0.3) is 0 Å². The van der Waals surface area contributed by atoms with E-state index in [1.54, 1.807) is 6.92 Å². The molecule has 0 aromatic carbocycles. The monoisotopic (exact) mass is 271 g/mol. The smallest absolute Gasteiger partial charge is 0.325 e. The highest BCUT2D eigenvalue weighted by Crippen LogP contribution is 2.11. The number of carbonyl (C=O) groups is 1. The van der Waals surface area contributed by atoms with Crippen molar-refractivity contribution in [1.82, 2.24) is 9.80 Å². The number of nitrogens with zero attached hydrogens (tertiary/aromatic N) is 2.